The highest BCUT2D eigenvalue weighted by Gasteiger charge is 2.36. The average molecular weight is 1150 g/mol. The van der Waals surface area contributed by atoms with E-state index in [0.29, 0.717) is 29.5 Å². The minimum absolute atomic E-state index is 0.0167. The standard InChI is InChI=1S/C59H82N14O10/c1-7-8-21-42(50(61)75)67-53(78)45(28-34(2)3)69-55(80)48(31-37-33-66-41-23-15-13-20-39(37)41)72-54(79)46(29-35-17-10-9-11-18-35)70-56(81)47(30-36-32-65-40-22-14-12-19-38(36)40)71-52(77)44(25-26-49(60)74)68-51(76)43(24-16-27-64-57(62)63)73-58(82)83-59(4,5)6/h9-15,17-20,22-23,32-34,42-48,65-66H,7-8,16,21,24-31H2,1-6H3,(H2,60,74)(H2,61,75)(H,67,78)(H,68,76)(H,69,80)(H,70,81)(H,71,77)(H,72,79)(H,73,82)(H4,62,63,64)/t42-,43-,44-,45-,46-,47+,48-/m0/s1. The smallest absolute Gasteiger partial charge is 0.408 e. The van der Waals surface area contributed by atoms with Gasteiger partial charge >= 0.3 is 6.09 Å². The van der Waals surface area contributed by atoms with Crippen LogP contribution in [0.5, 0.6) is 0 Å². The molecule has 0 radical (unpaired) electrons. The van der Waals surface area contributed by atoms with Gasteiger partial charge in [0.25, 0.3) is 0 Å². The van der Waals surface area contributed by atoms with Gasteiger partial charge in [-0.05, 0) is 87.6 Å². The predicted octanol–water partition coefficient (Wildman–Crippen LogP) is 2.52. The summed E-state index contributed by atoms with van der Waals surface area (Å²) in [6, 6.07) is 14.2. The number of hydrogen-bond donors (Lipinski definition) is 13. The topological polar surface area (TPSA) is 395 Å². The molecule has 0 unspecified atom stereocenters. The average Bonchev–Trinajstić information content (AvgIpc) is 4.18. The van der Waals surface area contributed by atoms with Gasteiger partial charge in [-0.15, -0.1) is 0 Å². The summed E-state index contributed by atoms with van der Waals surface area (Å²) in [6.45, 7) is 10.7. The van der Waals surface area contributed by atoms with Crippen LogP contribution >= 0.6 is 0 Å². The van der Waals surface area contributed by atoms with E-state index in [-0.39, 0.29) is 69.8 Å². The molecule has 3 aromatic carbocycles. The van der Waals surface area contributed by atoms with Crippen LogP contribution in [-0.4, -0.2) is 124 Å². The van der Waals surface area contributed by atoms with Gasteiger partial charge in [-0.1, -0.05) is 100 Å². The second-order valence-electron chi connectivity index (χ2n) is 22.0. The van der Waals surface area contributed by atoms with Crippen molar-refractivity contribution in [3.8, 4) is 0 Å². The number of rotatable bonds is 32. The summed E-state index contributed by atoms with van der Waals surface area (Å²) in [4.78, 5) is 136. The maximum atomic E-state index is 15.1. The largest absolute Gasteiger partial charge is 0.444 e. The lowest BCUT2D eigenvalue weighted by atomic mass is 9.99. The molecule has 24 heteroatoms. The first-order valence-corrected chi connectivity index (χ1v) is 28.0. The lowest BCUT2D eigenvalue weighted by Crippen LogP contribution is -2.61. The van der Waals surface area contributed by atoms with Crippen molar-refractivity contribution in [2.75, 3.05) is 6.54 Å². The zero-order chi connectivity index (χ0) is 60.8. The Labute approximate surface area is 483 Å². The second kappa shape index (κ2) is 31.3. The number of nitrogens with zero attached hydrogens (tertiary/aromatic N) is 1. The van der Waals surface area contributed by atoms with E-state index in [1.165, 1.54) is 0 Å². The van der Waals surface area contributed by atoms with E-state index >= 15 is 9.59 Å². The van der Waals surface area contributed by atoms with E-state index in [1.54, 1.807) is 69.6 Å². The molecule has 5 aromatic rings. The molecular formula is C59H82N14O10. The number of H-pyrrole nitrogens is 2. The number of nitrogens with two attached hydrogens (primary N) is 4. The van der Waals surface area contributed by atoms with Crippen LogP contribution in [0.3, 0.4) is 0 Å². The van der Waals surface area contributed by atoms with E-state index in [4.69, 9.17) is 27.7 Å². The molecule has 0 aliphatic heterocycles. The number of ether oxygens (including phenoxy) is 1. The number of alkyl carbamates (subject to hydrolysis) is 1. The molecule has 448 valence electrons. The number of nitrogens with one attached hydrogen (secondary N) is 9. The van der Waals surface area contributed by atoms with Crippen LogP contribution in [0.4, 0.5) is 4.79 Å². The van der Waals surface area contributed by atoms with Gasteiger partial charge in [0.1, 0.15) is 47.9 Å². The number of aromatic nitrogens is 2. The normalized spacial score (nSPS) is 13.9. The molecule has 0 aliphatic rings. The van der Waals surface area contributed by atoms with Gasteiger partial charge in [0.2, 0.25) is 47.3 Å². The highest BCUT2D eigenvalue weighted by Crippen LogP contribution is 2.22. The summed E-state index contributed by atoms with van der Waals surface area (Å²) in [6.07, 6.45) is 3.41. The maximum absolute atomic E-state index is 15.1. The molecule has 7 atom stereocenters. The summed E-state index contributed by atoms with van der Waals surface area (Å²) in [5.41, 5.74) is 24.7. The van der Waals surface area contributed by atoms with Crippen LogP contribution < -0.4 is 60.2 Å². The third kappa shape index (κ3) is 21.1. The van der Waals surface area contributed by atoms with Crippen molar-refractivity contribution in [1.29, 1.82) is 0 Å². The quantitative estimate of drug-likeness (QED) is 0.0168. The van der Waals surface area contributed by atoms with Crippen LogP contribution in [0, 0.1) is 5.92 Å². The fourth-order valence-corrected chi connectivity index (χ4v) is 9.33. The lowest BCUT2D eigenvalue weighted by molar-refractivity contribution is -0.135. The van der Waals surface area contributed by atoms with Gasteiger partial charge in [-0.2, -0.15) is 0 Å². The molecule has 2 heterocycles. The third-order valence-corrected chi connectivity index (χ3v) is 13.5. The number of aromatic amines is 2. The predicted molar refractivity (Wildman–Crippen MR) is 315 cm³/mol. The Morgan fingerprint density at radius 1 is 0.530 bits per heavy atom. The Bertz CT molecular complexity index is 3060. The van der Waals surface area contributed by atoms with Gasteiger partial charge in [0.15, 0.2) is 5.96 Å². The zero-order valence-corrected chi connectivity index (χ0v) is 48.1. The summed E-state index contributed by atoms with van der Waals surface area (Å²) < 4.78 is 5.41. The van der Waals surface area contributed by atoms with E-state index < -0.39 is 101 Å². The number of aliphatic imine (C=N–C) groups is 1. The lowest BCUT2D eigenvalue weighted by Gasteiger charge is -2.28. The third-order valence-electron chi connectivity index (χ3n) is 13.5. The SMILES string of the molecule is CCCC[C@H](NC(=O)[C@H](CC(C)C)NC(=O)[C@H](Cc1c[nH]c2ccccc12)NC(=O)[C@H](Cc1ccccc1)NC(=O)[C@@H](Cc1c[nH]c2ccccc12)NC(=O)[C@H](CCC(N)=O)NC(=O)[C@H](CCCN=C(N)N)NC(=O)OC(C)(C)C)C(N)=O. The molecule has 17 N–H and O–H groups in total. The summed E-state index contributed by atoms with van der Waals surface area (Å²) in [5, 5.41) is 20.7. The zero-order valence-electron chi connectivity index (χ0n) is 48.1. The molecule has 0 aliphatic carbocycles. The van der Waals surface area contributed by atoms with Crippen molar-refractivity contribution in [2.45, 2.75) is 160 Å². The number of para-hydroxylation sites is 2. The number of amides is 9. The number of unbranched alkanes of at least 4 members (excludes halogenated alkanes) is 1. The van der Waals surface area contributed by atoms with Gasteiger partial charge in [0.05, 0.1) is 0 Å². The fraction of sp³-hybridized carbons (Fsp3) is 0.458. The van der Waals surface area contributed by atoms with Crippen molar-refractivity contribution in [3.63, 3.8) is 0 Å². The van der Waals surface area contributed by atoms with Crippen LogP contribution in [0.2, 0.25) is 0 Å². The number of fused-ring (bicyclic) bond motifs is 2. The molecule has 0 saturated heterocycles. The molecule has 2 aromatic heterocycles. The fourth-order valence-electron chi connectivity index (χ4n) is 9.33. The highest BCUT2D eigenvalue weighted by atomic mass is 16.6. The number of hydrogen-bond acceptors (Lipinski definition) is 11. The molecule has 0 bridgehead atoms. The maximum Gasteiger partial charge on any atom is 0.408 e. The number of benzene rings is 3. The van der Waals surface area contributed by atoms with E-state index in [1.807, 2.05) is 63.2 Å². The van der Waals surface area contributed by atoms with E-state index in [0.717, 1.165) is 28.2 Å². The van der Waals surface area contributed by atoms with E-state index in [9.17, 15) is 33.6 Å². The minimum Gasteiger partial charge on any atom is -0.444 e. The van der Waals surface area contributed by atoms with Crippen LogP contribution in [0.15, 0.2) is 96.2 Å². The Balaban J connectivity index is 1.51. The number of primary amides is 2. The van der Waals surface area contributed by atoms with Crippen molar-refractivity contribution >= 4 is 81.1 Å². The summed E-state index contributed by atoms with van der Waals surface area (Å²) >= 11 is 0. The van der Waals surface area contributed by atoms with Gasteiger partial charge in [-0.25, -0.2) is 4.79 Å². The number of guanidine groups is 1. The first-order valence-electron chi connectivity index (χ1n) is 28.0. The van der Waals surface area contributed by atoms with Crippen molar-refractivity contribution in [3.05, 3.63) is 108 Å². The summed E-state index contributed by atoms with van der Waals surface area (Å²) in [5.74, 6) is -6.57. The molecule has 5 rings (SSSR count). The molecule has 9 amide bonds. The second-order valence-corrected chi connectivity index (χ2v) is 22.0. The monoisotopic (exact) mass is 1150 g/mol. The number of carbonyl (C=O) groups excluding carboxylic acids is 9. The molecule has 0 spiro atoms. The van der Waals surface area contributed by atoms with Crippen molar-refractivity contribution < 1.29 is 47.9 Å². The van der Waals surface area contributed by atoms with Crippen LogP contribution in [-0.2, 0) is 62.4 Å². The van der Waals surface area contributed by atoms with Gasteiger partial charge in [0, 0.05) is 66.4 Å². The minimum atomic E-state index is -1.51. The molecule has 0 saturated carbocycles. The molecular weight excluding hydrogens is 1060 g/mol. The summed E-state index contributed by atoms with van der Waals surface area (Å²) in [7, 11) is 0. The van der Waals surface area contributed by atoms with Gasteiger partial charge in [-0.3, -0.25) is 43.3 Å². The Morgan fingerprint density at radius 2 is 0.964 bits per heavy atom. The molecule has 83 heavy (non-hydrogen) atoms. The first-order chi connectivity index (χ1) is 39.4. The van der Waals surface area contributed by atoms with Crippen LogP contribution in [0.1, 0.15) is 110 Å². The Kier molecular flexibility index (Phi) is 24.5. The van der Waals surface area contributed by atoms with Crippen molar-refractivity contribution in [2.24, 2.45) is 33.8 Å². The Morgan fingerprint density at radius 3 is 1.45 bits per heavy atom. The van der Waals surface area contributed by atoms with E-state index in [2.05, 4.69) is 52.2 Å². The molecule has 0 fully saturated rings. The highest BCUT2D eigenvalue weighted by molar-refractivity contribution is 5.98. The van der Waals surface area contributed by atoms with Crippen molar-refractivity contribution in [1.82, 2.24) is 47.2 Å². The van der Waals surface area contributed by atoms with Crippen LogP contribution in [0.25, 0.3) is 21.8 Å². The van der Waals surface area contributed by atoms with Gasteiger partial charge < -0.3 is 74.9 Å². The first kappa shape index (κ1) is 64.9. The number of carbonyl (C=O) groups is 9. The Hall–Kier alpha value is -8.96. The molecule has 24 nitrogen and oxygen atoms in total.